The van der Waals surface area contributed by atoms with E-state index in [9.17, 15) is 0 Å². The Hall–Kier alpha value is -3.42. The van der Waals surface area contributed by atoms with Crippen LogP contribution in [-0.2, 0) is 11.9 Å². The minimum absolute atomic E-state index is 0.169. The summed E-state index contributed by atoms with van der Waals surface area (Å²) in [6, 6.07) is 14.5. The molecule has 0 fully saturated rings. The Bertz CT molecular complexity index is 1120. The van der Waals surface area contributed by atoms with Gasteiger partial charge in [0.25, 0.3) is 0 Å². The molecule has 9 heteroatoms. The fraction of sp³-hybridized carbons (Fsp3) is 0.167. The van der Waals surface area contributed by atoms with Crippen molar-refractivity contribution in [2.75, 3.05) is 13.2 Å². The van der Waals surface area contributed by atoms with E-state index >= 15 is 0 Å². The topological polar surface area (TPSA) is 67.1 Å². The van der Waals surface area contributed by atoms with Gasteiger partial charge in [-0.1, -0.05) is 41.0 Å². The first-order valence-corrected chi connectivity index (χ1v) is 10.7. The predicted octanol–water partition coefficient (Wildman–Crippen LogP) is 6.55. The van der Waals surface area contributed by atoms with E-state index in [0.29, 0.717) is 35.5 Å². The first kappa shape index (κ1) is 24.2. The second-order valence-electron chi connectivity index (χ2n) is 6.70. The van der Waals surface area contributed by atoms with E-state index in [0.717, 1.165) is 11.3 Å². The quantitative estimate of drug-likeness (QED) is 0.133. The molecule has 0 aliphatic rings. The molecule has 0 saturated carbocycles. The van der Waals surface area contributed by atoms with Gasteiger partial charge in [0.1, 0.15) is 40.7 Å². The molecule has 0 bridgehead atoms. The van der Waals surface area contributed by atoms with Crippen molar-refractivity contribution in [1.29, 1.82) is 0 Å². The fourth-order valence-corrected chi connectivity index (χ4v) is 2.86. The summed E-state index contributed by atoms with van der Waals surface area (Å²) in [7, 11) is 1.80. The van der Waals surface area contributed by atoms with Crippen LogP contribution in [0.2, 0.25) is 0 Å². The molecule has 7 nitrogen and oxygen atoms in total. The first-order chi connectivity index (χ1) is 16.0. The van der Waals surface area contributed by atoms with E-state index in [4.69, 9.17) is 42.3 Å². The summed E-state index contributed by atoms with van der Waals surface area (Å²) in [5.41, 5.74) is 1.50. The van der Waals surface area contributed by atoms with Crippen LogP contribution in [0.25, 0.3) is 0 Å². The van der Waals surface area contributed by atoms with Crippen LogP contribution in [0.4, 0.5) is 0 Å². The molecule has 33 heavy (non-hydrogen) atoms. The Morgan fingerprint density at radius 3 is 2.12 bits per heavy atom. The summed E-state index contributed by atoms with van der Waals surface area (Å²) in [6.45, 7) is 6.07. The number of nitrogens with zero attached hydrogens (tertiary/aromatic N) is 3. The number of oxime groups is 1. The van der Waals surface area contributed by atoms with Gasteiger partial charge in [0.05, 0.1) is 17.5 Å². The zero-order valence-corrected chi connectivity index (χ0v) is 19.7. The predicted molar refractivity (Wildman–Crippen MR) is 130 cm³/mol. The molecule has 172 valence electrons. The summed E-state index contributed by atoms with van der Waals surface area (Å²) in [5.74, 6) is 3.18. The second kappa shape index (κ2) is 12.0. The van der Waals surface area contributed by atoms with Gasteiger partial charge in [-0.25, -0.2) is 4.68 Å². The normalized spacial score (nSPS) is 10.7. The van der Waals surface area contributed by atoms with Crippen LogP contribution >= 0.6 is 23.2 Å². The lowest BCUT2D eigenvalue weighted by atomic mass is 10.2. The van der Waals surface area contributed by atoms with Gasteiger partial charge in [-0.2, -0.15) is 5.10 Å². The van der Waals surface area contributed by atoms with Crippen LogP contribution in [0.1, 0.15) is 11.3 Å². The van der Waals surface area contributed by atoms with Crippen molar-refractivity contribution in [3.8, 4) is 28.9 Å². The molecule has 0 aliphatic heterocycles. The lowest BCUT2D eigenvalue weighted by Crippen LogP contribution is -1.97. The van der Waals surface area contributed by atoms with Crippen LogP contribution in [-0.4, -0.2) is 29.2 Å². The molecule has 1 heterocycles. The van der Waals surface area contributed by atoms with Gasteiger partial charge in [-0.3, -0.25) is 0 Å². The summed E-state index contributed by atoms with van der Waals surface area (Å²) < 4.78 is 19.2. The maximum absolute atomic E-state index is 6.03. The number of halogens is 2. The van der Waals surface area contributed by atoms with Crippen molar-refractivity contribution in [2.45, 2.75) is 6.92 Å². The monoisotopic (exact) mass is 487 g/mol. The summed E-state index contributed by atoms with van der Waals surface area (Å²) in [6.07, 6.45) is 4.76. The smallest absolute Gasteiger partial charge is 0.226 e. The van der Waals surface area contributed by atoms with Gasteiger partial charge in [0.15, 0.2) is 0 Å². The van der Waals surface area contributed by atoms with Crippen molar-refractivity contribution >= 4 is 29.4 Å². The van der Waals surface area contributed by atoms with E-state index in [2.05, 4.69) is 16.8 Å². The van der Waals surface area contributed by atoms with Gasteiger partial charge in [0, 0.05) is 7.05 Å². The fourth-order valence-electron chi connectivity index (χ4n) is 2.74. The van der Waals surface area contributed by atoms with Gasteiger partial charge < -0.3 is 19.0 Å². The zero-order valence-electron chi connectivity index (χ0n) is 18.2. The Kier molecular flexibility index (Phi) is 8.80. The summed E-state index contributed by atoms with van der Waals surface area (Å²) in [4.78, 5) is 5.09. The van der Waals surface area contributed by atoms with Crippen molar-refractivity contribution < 1.29 is 19.0 Å². The van der Waals surface area contributed by atoms with Gasteiger partial charge in [-0.15, -0.1) is 0 Å². The lowest BCUT2D eigenvalue weighted by Gasteiger charge is -2.10. The van der Waals surface area contributed by atoms with E-state index < -0.39 is 0 Å². The molecule has 0 spiro atoms. The number of hydrogen-bond donors (Lipinski definition) is 0. The van der Waals surface area contributed by atoms with Crippen molar-refractivity contribution in [1.82, 2.24) is 9.78 Å². The minimum atomic E-state index is 0.169. The summed E-state index contributed by atoms with van der Waals surface area (Å²) >= 11 is 11.1. The molecule has 2 aromatic carbocycles. The Labute approximate surface area is 202 Å². The number of aryl methyl sites for hydroxylation is 2. The molecule has 3 aromatic rings. The molecule has 0 aliphatic carbocycles. The molecular weight excluding hydrogens is 465 g/mol. The molecule has 3 rings (SSSR count). The third kappa shape index (κ3) is 7.30. The molecular formula is C24H23Cl2N3O4. The largest absolute Gasteiger partial charge is 0.489 e. The first-order valence-electron chi connectivity index (χ1n) is 9.96. The molecule has 0 N–H and O–H groups in total. The van der Waals surface area contributed by atoms with E-state index in [-0.39, 0.29) is 11.1 Å². The third-order valence-corrected chi connectivity index (χ3v) is 4.56. The molecule has 0 atom stereocenters. The van der Waals surface area contributed by atoms with Crippen LogP contribution in [0, 0.1) is 6.92 Å². The van der Waals surface area contributed by atoms with Gasteiger partial charge in [-0.05, 0) is 61.5 Å². The van der Waals surface area contributed by atoms with Gasteiger partial charge >= 0.3 is 0 Å². The maximum Gasteiger partial charge on any atom is 0.226 e. The Morgan fingerprint density at radius 2 is 1.55 bits per heavy atom. The second-order valence-corrected chi connectivity index (χ2v) is 7.71. The SMILES string of the molecule is C=CCON=Cc1c(C)nn(C)c1Oc1ccc(Oc2ccc(OCC=C(Cl)Cl)cc2)cc1. The molecule has 0 radical (unpaired) electrons. The summed E-state index contributed by atoms with van der Waals surface area (Å²) in [5, 5.41) is 8.31. The molecule has 1 aromatic heterocycles. The highest BCUT2D eigenvalue weighted by Gasteiger charge is 2.14. The van der Waals surface area contributed by atoms with Crippen molar-refractivity contribution in [3.05, 3.63) is 83.0 Å². The number of aromatic nitrogens is 2. The zero-order chi connectivity index (χ0) is 23.6. The Balaban J connectivity index is 1.62. The highest BCUT2D eigenvalue weighted by atomic mass is 35.5. The van der Waals surface area contributed by atoms with Crippen molar-refractivity contribution in [3.63, 3.8) is 0 Å². The van der Waals surface area contributed by atoms with Crippen LogP contribution < -0.4 is 14.2 Å². The lowest BCUT2D eigenvalue weighted by molar-refractivity contribution is 0.176. The Morgan fingerprint density at radius 1 is 0.970 bits per heavy atom. The van der Waals surface area contributed by atoms with Crippen LogP contribution in [0.3, 0.4) is 0 Å². The third-order valence-electron chi connectivity index (χ3n) is 4.25. The van der Waals surface area contributed by atoms with Gasteiger partial charge in [0.2, 0.25) is 5.88 Å². The molecule has 0 unspecified atom stereocenters. The standard InChI is InChI=1S/C24H23Cl2N3O4/c1-4-14-31-27-16-22-17(2)28-29(3)24(22)33-21-11-9-20(10-12-21)32-19-7-5-18(6-8-19)30-15-13-23(25)26/h4-13,16H,1,14-15H2,2-3H3. The van der Waals surface area contributed by atoms with E-state index in [1.54, 1.807) is 42.2 Å². The minimum Gasteiger partial charge on any atom is -0.489 e. The maximum atomic E-state index is 6.03. The van der Waals surface area contributed by atoms with Crippen LogP contribution in [0.5, 0.6) is 28.9 Å². The van der Waals surface area contributed by atoms with Crippen LogP contribution in [0.15, 0.2) is 76.9 Å². The van der Waals surface area contributed by atoms with E-state index in [1.807, 2.05) is 43.3 Å². The molecule has 0 saturated heterocycles. The number of rotatable bonds is 11. The average molecular weight is 488 g/mol. The number of ether oxygens (including phenoxy) is 3. The average Bonchev–Trinajstić information content (AvgIpc) is 3.06. The molecule has 0 amide bonds. The highest BCUT2D eigenvalue weighted by Crippen LogP contribution is 2.29. The van der Waals surface area contributed by atoms with E-state index in [1.165, 1.54) is 0 Å². The van der Waals surface area contributed by atoms with Crippen molar-refractivity contribution in [2.24, 2.45) is 12.2 Å². The number of benzene rings is 2. The highest BCUT2D eigenvalue weighted by molar-refractivity contribution is 6.55. The number of hydrogen-bond acceptors (Lipinski definition) is 6.